The summed E-state index contributed by atoms with van der Waals surface area (Å²) in [6.45, 7) is 7.76. The van der Waals surface area contributed by atoms with Crippen LogP contribution in [0.3, 0.4) is 0 Å². The summed E-state index contributed by atoms with van der Waals surface area (Å²) in [5.74, 6) is 1.61. The standard InChI is InChI=1S/C20H26ClN3O2/c1-13-17(10-11-24(4)20(13,2)3)26-19-9-8-16(22-23-19)15-7-6-14(21)12-18(15)25-5/h6-9,12-13,17H,10-11H2,1-5H3. The Morgan fingerprint density at radius 3 is 2.62 bits per heavy atom. The summed E-state index contributed by atoms with van der Waals surface area (Å²) < 4.78 is 11.6. The number of hydrogen-bond acceptors (Lipinski definition) is 5. The smallest absolute Gasteiger partial charge is 0.233 e. The Hall–Kier alpha value is -1.85. The number of likely N-dealkylation sites (tertiary alicyclic amines) is 1. The molecule has 0 N–H and O–H groups in total. The van der Waals surface area contributed by atoms with Crippen LogP contribution in [-0.4, -0.2) is 47.4 Å². The van der Waals surface area contributed by atoms with Gasteiger partial charge in [-0.25, -0.2) is 0 Å². The van der Waals surface area contributed by atoms with Gasteiger partial charge in [-0.2, -0.15) is 0 Å². The van der Waals surface area contributed by atoms with Gasteiger partial charge < -0.3 is 14.4 Å². The number of aromatic nitrogens is 2. The van der Waals surface area contributed by atoms with Gasteiger partial charge in [-0.3, -0.25) is 0 Å². The molecule has 1 aliphatic heterocycles. The summed E-state index contributed by atoms with van der Waals surface area (Å²) in [6.07, 6.45) is 1.11. The van der Waals surface area contributed by atoms with Crippen LogP contribution in [0.5, 0.6) is 11.6 Å². The van der Waals surface area contributed by atoms with Gasteiger partial charge >= 0.3 is 0 Å². The molecular weight excluding hydrogens is 350 g/mol. The van der Waals surface area contributed by atoms with Crippen LogP contribution in [0.1, 0.15) is 27.2 Å². The third-order valence-electron chi connectivity index (χ3n) is 5.76. The van der Waals surface area contributed by atoms with E-state index in [1.165, 1.54) is 0 Å². The molecule has 140 valence electrons. The van der Waals surface area contributed by atoms with Gasteiger partial charge in [0.2, 0.25) is 5.88 Å². The molecule has 2 aromatic rings. The van der Waals surface area contributed by atoms with Crippen molar-refractivity contribution in [3.63, 3.8) is 0 Å². The maximum atomic E-state index is 6.17. The first-order valence-corrected chi connectivity index (χ1v) is 9.26. The number of nitrogens with zero attached hydrogens (tertiary/aromatic N) is 3. The Balaban J connectivity index is 1.77. The van der Waals surface area contributed by atoms with Crippen molar-refractivity contribution in [2.75, 3.05) is 20.7 Å². The molecule has 0 spiro atoms. The first-order valence-electron chi connectivity index (χ1n) is 8.88. The van der Waals surface area contributed by atoms with Crippen LogP contribution in [0.2, 0.25) is 5.02 Å². The van der Waals surface area contributed by atoms with Crippen molar-refractivity contribution in [1.29, 1.82) is 0 Å². The Bertz CT molecular complexity index is 764. The summed E-state index contributed by atoms with van der Waals surface area (Å²) in [5, 5.41) is 9.22. The summed E-state index contributed by atoms with van der Waals surface area (Å²) >= 11 is 6.02. The van der Waals surface area contributed by atoms with Crippen LogP contribution in [0, 0.1) is 5.92 Å². The fourth-order valence-electron chi connectivity index (χ4n) is 3.38. The zero-order valence-electron chi connectivity index (χ0n) is 16.0. The Kier molecular flexibility index (Phi) is 5.39. The number of piperidine rings is 1. The minimum atomic E-state index is 0.0902. The highest BCUT2D eigenvalue weighted by atomic mass is 35.5. The lowest BCUT2D eigenvalue weighted by Crippen LogP contribution is -2.56. The van der Waals surface area contributed by atoms with Crippen LogP contribution in [0.15, 0.2) is 30.3 Å². The molecule has 1 aromatic heterocycles. The maximum Gasteiger partial charge on any atom is 0.233 e. The molecule has 1 aromatic carbocycles. The second-order valence-corrected chi connectivity index (χ2v) is 7.85. The van der Waals surface area contributed by atoms with E-state index < -0.39 is 0 Å². The first-order chi connectivity index (χ1) is 12.3. The van der Waals surface area contributed by atoms with E-state index in [1.807, 2.05) is 24.3 Å². The van der Waals surface area contributed by atoms with Gasteiger partial charge in [0.05, 0.1) is 12.8 Å². The molecule has 1 fully saturated rings. The highest BCUT2D eigenvalue weighted by molar-refractivity contribution is 6.30. The van der Waals surface area contributed by atoms with Crippen molar-refractivity contribution >= 4 is 11.6 Å². The summed E-state index contributed by atoms with van der Waals surface area (Å²) in [4.78, 5) is 2.39. The minimum absolute atomic E-state index is 0.0902. The van der Waals surface area contributed by atoms with Gasteiger partial charge in [0.15, 0.2) is 0 Å². The predicted octanol–water partition coefficient (Wildman–Crippen LogP) is 4.30. The number of ether oxygens (including phenoxy) is 2. The molecule has 26 heavy (non-hydrogen) atoms. The maximum absolute atomic E-state index is 6.17. The van der Waals surface area contributed by atoms with E-state index >= 15 is 0 Å². The van der Waals surface area contributed by atoms with Gasteiger partial charge in [-0.05, 0) is 51.6 Å². The highest BCUT2D eigenvalue weighted by Gasteiger charge is 2.40. The van der Waals surface area contributed by atoms with E-state index in [1.54, 1.807) is 13.2 Å². The second-order valence-electron chi connectivity index (χ2n) is 7.41. The van der Waals surface area contributed by atoms with E-state index in [-0.39, 0.29) is 11.6 Å². The molecule has 1 saturated heterocycles. The molecule has 0 radical (unpaired) electrons. The Morgan fingerprint density at radius 1 is 1.19 bits per heavy atom. The molecule has 0 bridgehead atoms. The fraction of sp³-hybridized carbons (Fsp3) is 0.500. The van der Waals surface area contributed by atoms with Gasteiger partial charge in [0.1, 0.15) is 11.9 Å². The molecule has 1 aliphatic rings. The molecule has 0 amide bonds. The topological polar surface area (TPSA) is 47.5 Å². The van der Waals surface area contributed by atoms with E-state index in [4.69, 9.17) is 21.1 Å². The van der Waals surface area contributed by atoms with Crippen molar-refractivity contribution in [3.8, 4) is 22.9 Å². The van der Waals surface area contributed by atoms with E-state index in [2.05, 4.69) is 42.9 Å². The highest BCUT2D eigenvalue weighted by Crippen LogP contribution is 2.35. The SMILES string of the molecule is COc1cc(Cl)ccc1-c1ccc(OC2CCN(C)C(C)(C)C2C)nn1. The average molecular weight is 376 g/mol. The Morgan fingerprint density at radius 2 is 1.96 bits per heavy atom. The molecule has 2 atom stereocenters. The van der Waals surface area contributed by atoms with E-state index in [0.29, 0.717) is 22.6 Å². The quantitative estimate of drug-likeness (QED) is 0.797. The molecule has 6 heteroatoms. The number of halogens is 1. The van der Waals surface area contributed by atoms with Gasteiger partial charge in [0, 0.05) is 34.7 Å². The first kappa shape index (κ1) is 18.9. The lowest BCUT2D eigenvalue weighted by atomic mass is 9.79. The van der Waals surface area contributed by atoms with Gasteiger partial charge in [0.25, 0.3) is 0 Å². The van der Waals surface area contributed by atoms with Crippen LogP contribution in [0.4, 0.5) is 0 Å². The molecule has 5 nitrogen and oxygen atoms in total. The molecule has 3 rings (SSSR count). The monoisotopic (exact) mass is 375 g/mol. The number of hydrogen-bond donors (Lipinski definition) is 0. The van der Waals surface area contributed by atoms with Gasteiger partial charge in [-0.15, -0.1) is 10.2 Å². The van der Waals surface area contributed by atoms with Crippen molar-refractivity contribution < 1.29 is 9.47 Å². The predicted molar refractivity (Wildman–Crippen MR) is 104 cm³/mol. The third kappa shape index (κ3) is 3.64. The van der Waals surface area contributed by atoms with Crippen molar-refractivity contribution in [3.05, 3.63) is 35.4 Å². The molecule has 0 aliphatic carbocycles. The van der Waals surface area contributed by atoms with Crippen molar-refractivity contribution in [1.82, 2.24) is 15.1 Å². The third-order valence-corrected chi connectivity index (χ3v) is 5.99. The number of methoxy groups -OCH3 is 1. The van der Waals surface area contributed by atoms with E-state index in [0.717, 1.165) is 24.2 Å². The minimum Gasteiger partial charge on any atom is -0.496 e. The lowest BCUT2D eigenvalue weighted by molar-refractivity contribution is -0.0301. The molecule has 0 saturated carbocycles. The van der Waals surface area contributed by atoms with Crippen LogP contribution in [-0.2, 0) is 0 Å². The lowest BCUT2D eigenvalue weighted by Gasteiger charge is -2.48. The Labute approximate surface area is 160 Å². The molecular formula is C20H26ClN3O2. The normalized spacial score (nSPS) is 22.8. The van der Waals surface area contributed by atoms with Crippen LogP contribution >= 0.6 is 11.6 Å². The summed E-state index contributed by atoms with van der Waals surface area (Å²) in [6, 6.07) is 9.24. The molecule has 2 unspecified atom stereocenters. The molecule has 2 heterocycles. The van der Waals surface area contributed by atoms with Crippen molar-refractivity contribution in [2.45, 2.75) is 38.8 Å². The zero-order valence-corrected chi connectivity index (χ0v) is 16.7. The number of benzene rings is 1. The number of rotatable bonds is 4. The van der Waals surface area contributed by atoms with Gasteiger partial charge in [-0.1, -0.05) is 18.5 Å². The van der Waals surface area contributed by atoms with Crippen LogP contribution < -0.4 is 9.47 Å². The second kappa shape index (κ2) is 7.41. The van der Waals surface area contributed by atoms with Crippen LogP contribution in [0.25, 0.3) is 11.3 Å². The van der Waals surface area contributed by atoms with E-state index in [9.17, 15) is 0 Å². The average Bonchev–Trinajstić information content (AvgIpc) is 2.63. The summed E-state index contributed by atoms with van der Waals surface area (Å²) in [5.41, 5.74) is 1.67. The van der Waals surface area contributed by atoms with Crippen molar-refractivity contribution in [2.24, 2.45) is 5.92 Å². The largest absolute Gasteiger partial charge is 0.496 e. The fourth-order valence-corrected chi connectivity index (χ4v) is 3.54. The summed E-state index contributed by atoms with van der Waals surface area (Å²) in [7, 11) is 3.78. The zero-order chi connectivity index (χ0) is 18.9.